The standard InChI is InChI=1S/C19H25N3O10/c1-6-13(21(25)26)17(32-19(24)20-7-8-31-18(23)11(2)3)12-9-15(29-4)16(30-5)10-14(12)22(27)28/h9-10,13,17H,2,6-8H2,1,3-5H3,(H,20,24). The van der Waals surface area contributed by atoms with Crippen molar-refractivity contribution >= 4 is 17.7 Å². The predicted molar refractivity (Wildman–Crippen MR) is 110 cm³/mol. The fraction of sp³-hybridized carbons (Fsp3) is 0.474. The number of nitrogens with zero attached hydrogens (tertiary/aromatic N) is 2. The molecule has 0 radical (unpaired) electrons. The second-order valence-electron chi connectivity index (χ2n) is 6.45. The van der Waals surface area contributed by atoms with E-state index in [1.807, 2.05) is 0 Å². The Morgan fingerprint density at radius 3 is 2.22 bits per heavy atom. The molecular weight excluding hydrogens is 430 g/mol. The van der Waals surface area contributed by atoms with Gasteiger partial charge in [0.1, 0.15) is 6.61 Å². The number of amides is 1. The summed E-state index contributed by atoms with van der Waals surface area (Å²) in [5, 5.41) is 25.5. The first-order chi connectivity index (χ1) is 15.1. The van der Waals surface area contributed by atoms with Crippen LogP contribution in [0.2, 0.25) is 0 Å². The highest BCUT2D eigenvalue weighted by Crippen LogP contribution is 2.40. The van der Waals surface area contributed by atoms with Crippen LogP contribution in [0.25, 0.3) is 0 Å². The van der Waals surface area contributed by atoms with Crippen molar-refractivity contribution in [2.75, 3.05) is 27.4 Å². The molecule has 0 fully saturated rings. The summed E-state index contributed by atoms with van der Waals surface area (Å²) in [6.45, 7) is 5.98. The van der Waals surface area contributed by atoms with Gasteiger partial charge in [-0.2, -0.15) is 0 Å². The van der Waals surface area contributed by atoms with Gasteiger partial charge in [0.2, 0.25) is 6.10 Å². The zero-order valence-corrected chi connectivity index (χ0v) is 18.1. The van der Waals surface area contributed by atoms with Crippen LogP contribution in [-0.4, -0.2) is 55.3 Å². The van der Waals surface area contributed by atoms with Gasteiger partial charge in [-0.25, -0.2) is 9.59 Å². The van der Waals surface area contributed by atoms with Gasteiger partial charge in [0.05, 0.1) is 37.3 Å². The van der Waals surface area contributed by atoms with Gasteiger partial charge < -0.3 is 24.3 Å². The van der Waals surface area contributed by atoms with Gasteiger partial charge in [-0.05, 0) is 13.0 Å². The summed E-state index contributed by atoms with van der Waals surface area (Å²) in [4.78, 5) is 45.4. The quantitative estimate of drug-likeness (QED) is 0.162. The van der Waals surface area contributed by atoms with Crippen LogP contribution in [0.1, 0.15) is 31.9 Å². The molecule has 2 atom stereocenters. The highest BCUT2D eigenvalue weighted by Gasteiger charge is 2.40. The van der Waals surface area contributed by atoms with E-state index in [1.165, 1.54) is 28.1 Å². The first-order valence-corrected chi connectivity index (χ1v) is 9.38. The number of esters is 1. The van der Waals surface area contributed by atoms with Crippen LogP contribution >= 0.6 is 0 Å². The monoisotopic (exact) mass is 455 g/mol. The third-order valence-corrected chi connectivity index (χ3v) is 4.26. The van der Waals surface area contributed by atoms with Crippen molar-refractivity contribution in [3.63, 3.8) is 0 Å². The number of nitro groups is 2. The minimum Gasteiger partial charge on any atom is -0.493 e. The molecule has 0 aliphatic rings. The van der Waals surface area contributed by atoms with Crippen molar-refractivity contribution in [3.8, 4) is 11.5 Å². The van der Waals surface area contributed by atoms with Crippen LogP contribution in [0, 0.1) is 20.2 Å². The zero-order valence-electron chi connectivity index (χ0n) is 18.1. The Balaban J connectivity index is 3.22. The predicted octanol–water partition coefficient (Wildman–Crippen LogP) is 2.55. The van der Waals surface area contributed by atoms with Crippen molar-refractivity contribution in [2.24, 2.45) is 0 Å². The molecular formula is C19H25N3O10. The Bertz CT molecular complexity index is 886. The van der Waals surface area contributed by atoms with Crippen molar-refractivity contribution in [2.45, 2.75) is 32.4 Å². The second kappa shape index (κ2) is 12.1. The molecule has 0 saturated heterocycles. The summed E-state index contributed by atoms with van der Waals surface area (Å²) >= 11 is 0. The molecule has 2 unspecified atom stereocenters. The van der Waals surface area contributed by atoms with Gasteiger partial charge in [0.15, 0.2) is 11.5 Å². The van der Waals surface area contributed by atoms with Crippen LogP contribution in [0.15, 0.2) is 24.3 Å². The van der Waals surface area contributed by atoms with Crippen molar-refractivity contribution < 1.29 is 38.4 Å². The van der Waals surface area contributed by atoms with Crippen LogP contribution in [0.3, 0.4) is 0 Å². The number of hydrogen-bond donors (Lipinski definition) is 1. The maximum absolute atomic E-state index is 12.3. The van der Waals surface area contributed by atoms with Gasteiger partial charge in [-0.1, -0.05) is 13.5 Å². The van der Waals surface area contributed by atoms with E-state index < -0.39 is 39.7 Å². The van der Waals surface area contributed by atoms with Crippen molar-refractivity contribution in [3.05, 3.63) is 50.1 Å². The Kier molecular flexibility index (Phi) is 9.86. The average molecular weight is 455 g/mol. The zero-order chi connectivity index (χ0) is 24.4. The van der Waals surface area contributed by atoms with E-state index in [-0.39, 0.29) is 42.2 Å². The van der Waals surface area contributed by atoms with E-state index in [0.717, 1.165) is 12.1 Å². The molecule has 0 aliphatic carbocycles. The van der Waals surface area contributed by atoms with E-state index in [4.69, 9.17) is 18.9 Å². The SMILES string of the molecule is C=C(C)C(=O)OCCNC(=O)OC(c1cc(OC)c(OC)cc1[N+](=O)[O-])C(CC)[N+](=O)[O-]. The smallest absolute Gasteiger partial charge is 0.408 e. The summed E-state index contributed by atoms with van der Waals surface area (Å²) in [5.41, 5.74) is -0.610. The van der Waals surface area contributed by atoms with Crippen LogP contribution in [0.4, 0.5) is 10.5 Å². The Morgan fingerprint density at radius 1 is 1.16 bits per heavy atom. The molecule has 0 aromatic heterocycles. The third-order valence-electron chi connectivity index (χ3n) is 4.26. The molecule has 13 nitrogen and oxygen atoms in total. The average Bonchev–Trinajstić information content (AvgIpc) is 2.74. The van der Waals surface area contributed by atoms with Gasteiger partial charge >= 0.3 is 12.1 Å². The molecule has 1 N–H and O–H groups in total. The number of carbonyl (C=O) groups excluding carboxylic acids is 2. The topological polar surface area (TPSA) is 169 Å². The Labute approximate surface area is 183 Å². The molecule has 0 heterocycles. The molecule has 1 aromatic carbocycles. The molecule has 1 amide bonds. The molecule has 13 heteroatoms. The molecule has 1 rings (SSSR count). The van der Waals surface area contributed by atoms with Gasteiger partial charge in [0.25, 0.3) is 11.7 Å². The van der Waals surface area contributed by atoms with E-state index in [2.05, 4.69) is 11.9 Å². The molecule has 0 spiro atoms. The summed E-state index contributed by atoms with van der Waals surface area (Å²) in [5.74, 6) is -0.565. The third kappa shape index (κ3) is 6.82. The number of hydrogen-bond acceptors (Lipinski definition) is 10. The number of ether oxygens (including phenoxy) is 4. The summed E-state index contributed by atoms with van der Waals surface area (Å²) in [6, 6.07) is 0.709. The maximum Gasteiger partial charge on any atom is 0.408 e. The lowest BCUT2D eigenvalue weighted by Gasteiger charge is -2.22. The molecule has 0 saturated carbocycles. The van der Waals surface area contributed by atoms with Gasteiger partial charge in [-0.15, -0.1) is 0 Å². The highest BCUT2D eigenvalue weighted by atomic mass is 16.6. The number of carbonyl (C=O) groups is 2. The number of nitro benzene ring substituents is 1. The summed E-state index contributed by atoms with van der Waals surface area (Å²) < 4.78 is 20.2. The largest absolute Gasteiger partial charge is 0.493 e. The van der Waals surface area contributed by atoms with Crippen LogP contribution in [-0.2, 0) is 14.3 Å². The van der Waals surface area contributed by atoms with Crippen molar-refractivity contribution in [1.29, 1.82) is 0 Å². The summed E-state index contributed by atoms with van der Waals surface area (Å²) in [6.07, 6.45) is -2.80. The van der Waals surface area contributed by atoms with Crippen LogP contribution < -0.4 is 14.8 Å². The minimum absolute atomic E-state index is 0.0274. The number of methoxy groups -OCH3 is 2. The highest BCUT2D eigenvalue weighted by molar-refractivity contribution is 5.86. The molecule has 32 heavy (non-hydrogen) atoms. The fourth-order valence-corrected chi connectivity index (χ4v) is 2.67. The normalized spacial score (nSPS) is 12.1. The van der Waals surface area contributed by atoms with Crippen LogP contribution in [0.5, 0.6) is 11.5 Å². The lowest BCUT2D eigenvalue weighted by molar-refractivity contribution is -0.535. The fourth-order valence-electron chi connectivity index (χ4n) is 2.67. The molecule has 176 valence electrons. The van der Waals surface area contributed by atoms with Crippen molar-refractivity contribution in [1.82, 2.24) is 5.32 Å². The van der Waals surface area contributed by atoms with Gasteiger partial charge in [-0.3, -0.25) is 20.2 Å². The summed E-state index contributed by atoms with van der Waals surface area (Å²) in [7, 11) is 2.56. The number of nitrogens with one attached hydrogen (secondary N) is 1. The lowest BCUT2D eigenvalue weighted by atomic mass is 9.98. The Morgan fingerprint density at radius 2 is 1.75 bits per heavy atom. The molecule has 1 aromatic rings. The van der Waals surface area contributed by atoms with E-state index in [9.17, 15) is 29.8 Å². The lowest BCUT2D eigenvalue weighted by Crippen LogP contribution is -2.36. The molecule has 0 aliphatic heterocycles. The second-order valence-corrected chi connectivity index (χ2v) is 6.45. The van der Waals surface area contributed by atoms with E-state index >= 15 is 0 Å². The number of benzene rings is 1. The molecule has 0 bridgehead atoms. The number of alkyl carbamates (subject to hydrolysis) is 1. The Hall–Kier alpha value is -3.90. The first-order valence-electron chi connectivity index (χ1n) is 9.38. The first kappa shape index (κ1) is 26.1. The van der Waals surface area contributed by atoms with Gasteiger partial charge in [0, 0.05) is 16.9 Å². The van der Waals surface area contributed by atoms with E-state index in [1.54, 1.807) is 0 Å². The number of rotatable bonds is 12. The van der Waals surface area contributed by atoms with E-state index in [0.29, 0.717) is 0 Å². The maximum atomic E-state index is 12.3. The minimum atomic E-state index is -1.62.